The van der Waals surface area contributed by atoms with Crippen LogP contribution in [0.15, 0.2) is 41.8 Å². The van der Waals surface area contributed by atoms with E-state index in [9.17, 15) is 9.59 Å². The van der Waals surface area contributed by atoms with Gasteiger partial charge in [0.15, 0.2) is 0 Å². The number of carbonyl (C=O) groups is 2. The van der Waals surface area contributed by atoms with Crippen LogP contribution >= 0.6 is 11.3 Å². The number of amides is 2. The normalized spacial score (nSPS) is 17.6. The van der Waals surface area contributed by atoms with E-state index in [-0.39, 0.29) is 17.9 Å². The van der Waals surface area contributed by atoms with Crippen molar-refractivity contribution in [2.75, 3.05) is 11.9 Å². The van der Waals surface area contributed by atoms with Crippen molar-refractivity contribution in [2.45, 2.75) is 39.7 Å². The van der Waals surface area contributed by atoms with Crippen LogP contribution in [0.5, 0.6) is 0 Å². The predicted molar refractivity (Wildman–Crippen MR) is 102 cm³/mol. The summed E-state index contributed by atoms with van der Waals surface area (Å²) in [5, 5.41) is 4.95. The molecule has 1 unspecified atom stereocenters. The molecule has 4 nitrogen and oxygen atoms in total. The fourth-order valence-corrected chi connectivity index (χ4v) is 3.87. The smallest absolute Gasteiger partial charge is 0.254 e. The topological polar surface area (TPSA) is 49.4 Å². The molecule has 5 heteroatoms. The molecule has 25 heavy (non-hydrogen) atoms. The maximum absolute atomic E-state index is 13.0. The fourth-order valence-electron chi connectivity index (χ4n) is 3.00. The molecule has 1 N–H and O–H groups in total. The molecule has 0 aliphatic carbocycles. The summed E-state index contributed by atoms with van der Waals surface area (Å²) >= 11 is 1.70. The number of hydrogen-bond acceptors (Lipinski definition) is 3. The first-order chi connectivity index (χ1) is 11.9. The molecule has 1 fully saturated rings. The first-order valence-corrected chi connectivity index (χ1v) is 9.50. The molecule has 1 atom stereocenters. The molecule has 0 bridgehead atoms. The maximum Gasteiger partial charge on any atom is 0.254 e. The van der Waals surface area contributed by atoms with Crippen LogP contribution in [0, 0.1) is 5.41 Å². The zero-order valence-electron chi connectivity index (χ0n) is 14.9. The Hall–Kier alpha value is -2.14. The molecule has 0 radical (unpaired) electrons. The Morgan fingerprint density at radius 2 is 2.00 bits per heavy atom. The van der Waals surface area contributed by atoms with Gasteiger partial charge in [0.1, 0.15) is 0 Å². The van der Waals surface area contributed by atoms with Crippen LogP contribution in [-0.2, 0) is 4.79 Å². The second-order valence-corrected chi connectivity index (χ2v) is 8.44. The molecule has 1 aromatic heterocycles. The van der Waals surface area contributed by atoms with Crippen LogP contribution in [0.1, 0.15) is 54.9 Å². The predicted octanol–water partition coefficient (Wildman–Crippen LogP) is 4.71. The van der Waals surface area contributed by atoms with Gasteiger partial charge in [-0.3, -0.25) is 9.59 Å². The molecule has 0 spiro atoms. The molecule has 2 aromatic rings. The average Bonchev–Trinajstić information content (AvgIpc) is 3.24. The number of anilines is 1. The Labute approximate surface area is 152 Å². The molecule has 2 heterocycles. The van der Waals surface area contributed by atoms with Crippen LogP contribution in [0.2, 0.25) is 0 Å². The third kappa shape index (κ3) is 3.93. The lowest BCUT2D eigenvalue weighted by atomic mass is 9.95. The number of nitrogens with zero attached hydrogens (tertiary/aromatic N) is 1. The van der Waals surface area contributed by atoms with E-state index in [4.69, 9.17) is 0 Å². The van der Waals surface area contributed by atoms with E-state index >= 15 is 0 Å². The van der Waals surface area contributed by atoms with E-state index in [2.05, 4.69) is 16.8 Å². The van der Waals surface area contributed by atoms with E-state index < -0.39 is 5.41 Å². The molecule has 1 aliphatic heterocycles. The van der Waals surface area contributed by atoms with Crippen molar-refractivity contribution in [2.24, 2.45) is 5.41 Å². The monoisotopic (exact) mass is 356 g/mol. The molecule has 1 aliphatic rings. The SMILES string of the molecule is CC(C)(C)C(=O)Nc1cccc(C(=O)N2CCCC2c2cccs2)c1. The summed E-state index contributed by atoms with van der Waals surface area (Å²) in [6.45, 7) is 6.38. The number of rotatable bonds is 3. The average molecular weight is 356 g/mol. The van der Waals surface area contributed by atoms with E-state index in [0.717, 1.165) is 19.4 Å². The lowest BCUT2D eigenvalue weighted by Gasteiger charge is -2.24. The van der Waals surface area contributed by atoms with E-state index in [1.165, 1.54) is 4.88 Å². The van der Waals surface area contributed by atoms with E-state index in [0.29, 0.717) is 11.3 Å². The number of nitrogens with one attached hydrogen (secondary N) is 1. The molecule has 3 rings (SSSR count). The van der Waals surface area contributed by atoms with Crippen LogP contribution in [0.25, 0.3) is 0 Å². The highest BCUT2D eigenvalue weighted by molar-refractivity contribution is 7.10. The Morgan fingerprint density at radius 3 is 2.68 bits per heavy atom. The van der Waals surface area contributed by atoms with Crippen molar-refractivity contribution in [3.05, 3.63) is 52.2 Å². The summed E-state index contributed by atoms with van der Waals surface area (Å²) in [6, 6.07) is 11.5. The number of likely N-dealkylation sites (tertiary alicyclic amines) is 1. The second-order valence-electron chi connectivity index (χ2n) is 7.46. The summed E-state index contributed by atoms with van der Waals surface area (Å²) in [5.41, 5.74) is 0.812. The summed E-state index contributed by atoms with van der Waals surface area (Å²) in [5.74, 6) is -0.0301. The van der Waals surface area contributed by atoms with Gasteiger partial charge in [0, 0.05) is 28.1 Å². The van der Waals surface area contributed by atoms with Crippen LogP contribution in [0.3, 0.4) is 0 Å². The van der Waals surface area contributed by atoms with Crippen molar-refractivity contribution in [3.63, 3.8) is 0 Å². The molecule has 1 saturated heterocycles. The molecular formula is C20H24N2O2S. The minimum absolute atomic E-state index is 0.0303. The van der Waals surface area contributed by atoms with Crippen molar-refractivity contribution in [1.29, 1.82) is 0 Å². The summed E-state index contributed by atoms with van der Waals surface area (Å²) in [4.78, 5) is 28.4. The highest BCUT2D eigenvalue weighted by Crippen LogP contribution is 2.35. The zero-order chi connectivity index (χ0) is 18.0. The molecule has 0 saturated carbocycles. The van der Waals surface area contributed by atoms with Gasteiger partial charge in [-0.2, -0.15) is 0 Å². The third-order valence-corrected chi connectivity index (χ3v) is 5.41. The van der Waals surface area contributed by atoms with E-state index in [1.54, 1.807) is 17.4 Å². The summed E-state index contributed by atoms with van der Waals surface area (Å²) in [7, 11) is 0. The molecule has 1 aromatic carbocycles. The van der Waals surface area contributed by atoms with Crippen molar-refractivity contribution in [3.8, 4) is 0 Å². The third-order valence-electron chi connectivity index (χ3n) is 4.43. The highest BCUT2D eigenvalue weighted by Gasteiger charge is 2.31. The Morgan fingerprint density at radius 1 is 1.20 bits per heavy atom. The largest absolute Gasteiger partial charge is 0.331 e. The molecule has 2 amide bonds. The van der Waals surface area contributed by atoms with Crippen LogP contribution in [0.4, 0.5) is 5.69 Å². The number of benzene rings is 1. The van der Waals surface area contributed by atoms with Crippen molar-refractivity contribution < 1.29 is 9.59 Å². The van der Waals surface area contributed by atoms with Gasteiger partial charge < -0.3 is 10.2 Å². The Balaban J connectivity index is 1.78. The maximum atomic E-state index is 13.0. The summed E-state index contributed by atoms with van der Waals surface area (Å²) < 4.78 is 0. The van der Waals surface area contributed by atoms with Crippen molar-refractivity contribution in [1.82, 2.24) is 4.90 Å². The van der Waals surface area contributed by atoms with Gasteiger partial charge in [-0.1, -0.05) is 32.9 Å². The lowest BCUT2D eigenvalue weighted by molar-refractivity contribution is -0.123. The number of carbonyl (C=O) groups excluding carboxylic acids is 2. The second kappa shape index (κ2) is 7.00. The zero-order valence-corrected chi connectivity index (χ0v) is 15.7. The minimum atomic E-state index is -0.473. The van der Waals surface area contributed by atoms with Gasteiger partial charge in [-0.15, -0.1) is 11.3 Å². The van der Waals surface area contributed by atoms with Gasteiger partial charge in [-0.05, 0) is 42.5 Å². The number of hydrogen-bond donors (Lipinski definition) is 1. The van der Waals surface area contributed by atoms with Gasteiger partial charge in [-0.25, -0.2) is 0 Å². The van der Waals surface area contributed by atoms with Crippen LogP contribution < -0.4 is 5.32 Å². The fraction of sp³-hybridized carbons (Fsp3) is 0.400. The van der Waals surface area contributed by atoms with Gasteiger partial charge in [0.25, 0.3) is 5.91 Å². The Bertz CT molecular complexity index is 762. The quantitative estimate of drug-likeness (QED) is 0.866. The highest BCUT2D eigenvalue weighted by atomic mass is 32.1. The summed E-state index contributed by atoms with van der Waals surface area (Å²) in [6.07, 6.45) is 2.03. The first-order valence-electron chi connectivity index (χ1n) is 8.62. The molecule has 132 valence electrons. The van der Waals surface area contributed by atoms with Crippen LogP contribution in [-0.4, -0.2) is 23.3 Å². The minimum Gasteiger partial charge on any atom is -0.331 e. The van der Waals surface area contributed by atoms with Gasteiger partial charge in [0.2, 0.25) is 5.91 Å². The Kier molecular flexibility index (Phi) is 4.95. The van der Waals surface area contributed by atoms with E-state index in [1.807, 2.05) is 49.9 Å². The van der Waals surface area contributed by atoms with Gasteiger partial charge >= 0.3 is 0 Å². The van der Waals surface area contributed by atoms with Gasteiger partial charge in [0.05, 0.1) is 6.04 Å². The lowest BCUT2D eigenvalue weighted by Crippen LogP contribution is -2.30. The van der Waals surface area contributed by atoms with Crippen molar-refractivity contribution >= 4 is 28.8 Å². The standard InChI is InChI=1S/C20H24N2O2S/c1-20(2,3)19(24)21-15-8-4-7-14(13-15)18(23)22-11-5-9-16(22)17-10-6-12-25-17/h4,6-8,10,12-13,16H,5,9,11H2,1-3H3,(H,21,24). The molecular weight excluding hydrogens is 332 g/mol. The first kappa shape index (κ1) is 17.7. The number of thiophene rings is 1.